The van der Waals surface area contributed by atoms with Gasteiger partial charge in [0.1, 0.15) is 11.4 Å². The molecule has 0 saturated heterocycles. The maximum absolute atomic E-state index is 13.2. The van der Waals surface area contributed by atoms with Crippen LogP contribution in [0.1, 0.15) is 55.7 Å². The fourth-order valence-electron chi connectivity index (χ4n) is 5.59. The fraction of sp³-hybridized carbons (Fsp3) is 0.485. The molecule has 2 amide bonds. The standard InChI is InChI=1S/C33H45N5O5/c1-2-35-22-27(21-34)26-7-5-6-24(20-26)13-18-42-19-14-31(41)38(28-8-3-4-9-28)17-16-36-15-12-25-10-11-29(39)32-33(25)43-23-30(40)37-32/h5-7,10-11,20-22,28,36,39H,2-4,8-9,12-19,23,34H2,1H3,(H,37,40). The zero-order valence-corrected chi connectivity index (χ0v) is 25.1. The molecule has 232 valence electrons. The molecular weight excluding hydrogens is 546 g/mol. The van der Waals surface area contributed by atoms with Crippen molar-refractivity contribution < 1.29 is 24.2 Å². The lowest BCUT2D eigenvalue weighted by Crippen LogP contribution is -2.43. The molecule has 1 aliphatic carbocycles. The van der Waals surface area contributed by atoms with Crippen LogP contribution in [0.5, 0.6) is 11.5 Å². The Morgan fingerprint density at radius 3 is 2.84 bits per heavy atom. The summed E-state index contributed by atoms with van der Waals surface area (Å²) in [5, 5.41) is 16.2. The van der Waals surface area contributed by atoms with Gasteiger partial charge in [-0.2, -0.15) is 0 Å². The number of nitrogens with one attached hydrogen (secondary N) is 2. The van der Waals surface area contributed by atoms with E-state index >= 15 is 0 Å². The highest BCUT2D eigenvalue weighted by Crippen LogP contribution is 2.39. The first kappa shape index (κ1) is 32.0. The van der Waals surface area contributed by atoms with Crippen LogP contribution < -0.4 is 21.1 Å². The molecule has 1 fully saturated rings. The van der Waals surface area contributed by atoms with Crippen LogP contribution >= 0.6 is 0 Å². The molecule has 1 saturated carbocycles. The van der Waals surface area contributed by atoms with E-state index in [-0.39, 0.29) is 24.2 Å². The first-order valence-corrected chi connectivity index (χ1v) is 15.4. The Hall–Kier alpha value is -3.89. The number of phenolic OH excluding ortho intramolecular Hbond substituents is 1. The smallest absolute Gasteiger partial charge is 0.262 e. The summed E-state index contributed by atoms with van der Waals surface area (Å²) in [5.41, 5.74) is 10.1. The average molecular weight is 592 g/mol. The lowest BCUT2D eigenvalue weighted by Gasteiger charge is -2.29. The lowest BCUT2D eigenvalue weighted by molar-refractivity contribution is -0.134. The van der Waals surface area contributed by atoms with Gasteiger partial charge in [-0.05, 0) is 61.9 Å². The number of nitrogens with zero attached hydrogens (tertiary/aromatic N) is 2. The van der Waals surface area contributed by atoms with Crippen LogP contribution in [0.3, 0.4) is 0 Å². The molecule has 2 aromatic rings. The van der Waals surface area contributed by atoms with E-state index in [1.54, 1.807) is 18.5 Å². The van der Waals surface area contributed by atoms with Gasteiger partial charge in [0.15, 0.2) is 12.4 Å². The first-order chi connectivity index (χ1) is 21.0. The van der Waals surface area contributed by atoms with Gasteiger partial charge in [0.25, 0.3) is 5.91 Å². The molecule has 4 rings (SSSR count). The number of rotatable bonds is 16. The van der Waals surface area contributed by atoms with Gasteiger partial charge in [-0.3, -0.25) is 14.6 Å². The Kier molecular flexibility index (Phi) is 12.4. The average Bonchev–Trinajstić information content (AvgIpc) is 3.55. The summed E-state index contributed by atoms with van der Waals surface area (Å²) in [6, 6.07) is 11.9. The number of nitrogens with two attached hydrogens (primary N) is 1. The number of phenols is 1. The van der Waals surface area contributed by atoms with E-state index < -0.39 is 0 Å². The summed E-state index contributed by atoms with van der Waals surface area (Å²) in [4.78, 5) is 31.2. The minimum atomic E-state index is -0.280. The molecule has 0 aromatic heterocycles. The Labute approximate surface area is 254 Å². The van der Waals surface area contributed by atoms with Crippen molar-refractivity contribution >= 4 is 29.3 Å². The Bertz CT molecular complexity index is 1290. The van der Waals surface area contributed by atoms with Gasteiger partial charge in [-0.1, -0.05) is 43.2 Å². The summed E-state index contributed by atoms with van der Waals surface area (Å²) in [5.74, 6) is 0.379. The van der Waals surface area contributed by atoms with Crippen molar-refractivity contribution in [1.29, 1.82) is 0 Å². The van der Waals surface area contributed by atoms with Crippen molar-refractivity contribution in [2.24, 2.45) is 10.7 Å². The molecule has 0 unspecified atom stereocenters. The van der Waals surface area contributed by atoms with E-state index in [0.29, 0.717) is 69.7 Å². The van der Waals surface area contributed by atoms with E-state index in [1.165, 1.54) is 0 Å². The molecule has 1 heterocycles. The highest BCUT2D eigenvalue weighted by atomic mass is 16.5. The Morgan fingerprint density at radius 1 is 1.21 bits per heavy atom. The molecule has 0 bridgehead atoms. The molecule has 10 nitrogen and oxygen atoms in total. The third-order valence-electron chi connectivity index (χ3n) is 7.86. The van der Waals surface area contributed by atoms with E-state index in [1.807, 2.05) is 30.0 Å². The zero-order valence-electron chi connectivity index (χ0n) is 25.1. The second-order valence-corrected chi connectivity index (χ2v) is 10.9. The van der Waals surface area contributed by atoms with Crippen LogP contribution in [0.25, 0.3) is 5.57 Å². The largest absolute Gasteiger partial charge is 0.506 e. The number of aliphatic imine (C=N–C) groups is 1. The molecule has 0 atom stereocenters. The maximum atomic E-state index is 13.2. The van der Waals surface area contributed by atoms with Gasteiger partial charge in [0.05, 0.1) is 19.6 Å². The quantitative estimate of drug-likeness (QED) is 0.133. The summed E-state index contributed by atoms with van der Waals surface area (Å²) >= 11 is 0. The molecule has 0 radical (unpaired) electrons. The van der Waals surface area contributed by atoms with Crippen molar-refractivity contribution in [3.05, 3.63) is 59.3 Å². The second-order valence-electron chi connectivity index (χ2n) is 10.9. The van der Waals surface area contributed by atoms with Crippen LogP contribution in [-0.2, 0) is 27.2 Å². The molecule has 43 heavy (non-hydrogen) atoms. The van der Waals surface area contributed by atoms with Crippen molar-refractivity contribution in [3.8, 4) is 11.5 Å². The van der Waals surface area contributed by atoms with Gasteiger partial charge >= 0.3 is 0 Å². The van der Waals surface area contributed by atoms with Crippen LogP contribution in [-0.4, -0.2) is 80.1 Å². The number of anilines is 1. The number of allylic oxidation sites excluding steroid dienone is 1. The Balaban J connectivity index is 1.19. The number of aromatic hydroxyl groups is 1. The van der Waals surface area contributed by atoms with Gasteiger partial charge in [-0.25, -0.2) is 0 Å². The predicted molar refractivity (Wildman–Crippen MR) is 170 cm³/mol. The Morgan fingerprint density at radius 2 is 2.05 bits per heavy atom. The first-order valence-electron chi connectivity index (χ1n) is 15.4. The number of carbonyl (C=O) groups excluding carboxylic acids is 2. The zero-order chi connectivity index (χ0) is 30.4. The van der Waals surface area contributed by atoms with Crippen molar-refractivity contribution in [2.75, 3.05) is 51.3 Å². The summed E-state index contributed by atoms with van der Waals surface area (Å²) in [6.45, 7) is 5.58. The third kappa shape index (κ3) is 9.30. The molecule has 0 spiro atoms. The minimum Gasteiger partial charge on any atom is -0.506 e. The van der Waals surface area contributed by atoms with E-state index in [0.717, 1.165) is 54.4 Å². The van der Waals surface area contributed by atoms with Gasteiger partial charge in [-0.15, -0.1) is 0 Å². The van der Waals surface area contributed by atoms with Crippen LogP contribution in [0.2, 0.25) is 0 Å². The molecule has 1 aliphatic heterocycles. The van der Waals surface area contributed by atoms with Crippen molar-refractivity contribution in [2.45, 2.75) is 57.9 Å². The summed E-state index contributed by atoms with van der Waals surface area (Å²) in [7, 11) is 0. The number of fused-ring (bicyclic) bond motifs is 1. The highest BCUT2D eigenvalue weighted by molar-refractivity contribution is 6.09. The number of ether oxygens (including phenoxy) is 2. The normalized spacial score (nSPS) is 15.4. The van der Waals surface area contributed by atoms with E-state index in [4.69, 9.17) is 15.2 Å². The monoisotopic (exact) mass is 591 g/mol. The van der Waals surface area contributed by atoms with E-state index in [2.05, 4.69) is 27.8 Å². The molecule has 2 aliphatic rings. The molecular formula is C33H45N5O5. The number of carbonyl (C=O) groups is 2. The van der Waals surface area contributed by atoms with Crippen LogP contribution in [0.15, 0.2) is 47.6 Å². The van der Waals surface area contributed by atoms with Crippen molar-refractivity contribution in [1.82, 2.24) is 10.2 Å². The predicted octanol–water partition coefficient (Wildman–Crippen LogP) is 3.67. The lowest BCUT2D eigenvalue weighted by atomic mass is 10.0. The number of hydrogen-bond donors (Lipinski definition) is 4. The fourth-order valence-corrected chi connectivity index (χ4v) is 5.59. The summed E-state index contributed by atoms with van der Waals surface area (Å²) in [6.07, 6.45) is 9.58. The highest BCUT2D eigenvalue weighted by Gasteiger charge is 2.26. The molecule has 10 heteroatoms. The summed E-state index contributed by atoms with van der Waals surface area (Å²) < 4.78 is 11.5. The maximum Gasteiger partial charge on any atom is 0.262 e. The van der Waals surface area contributed by atoms with Gasteiger partial charge in [0, 0.05) is 43.7 Å². The number of benzene rings is 2. The second kappa shape index (κ2) is 16.7. The third-order valence-corrected chi connectivity index (χ3v) is 7.86. The van der Waals surface area contributed by atoms with Crippen LogP contribution in [0, 0.1) is 0 Å². The van der Waals surface area contributed by atoms with Crippen molar-refractivity contribution in [3.63, 3.8) is 0 Å². The number of hydrogen-bond acceptors (Lipinski definition) is 8. The topological polar surface area (TPSA) is 139 Å². The number of amides is 2. The van der Waals surface area contributed by atoms with Crippen LogP contribution in [0.4, 0.5) is 5.69 Å². The van der Waals surface area contributed by atoms with Gasteiger partial charge < -0.3 is 35.8 Å². The van der Waals surface area contributed by atoms with E-state index in [9.17, 15) is 14.7 Å². The SMILES string of the molecule is CCN=CC(=CN)c1cccc(CCOCCC(=O)N(CCNCCc2ccc(O)c3c2OCC(=O)N3)C2CCCC2)c1. The molecule has 2 aromatic carbocycles. The minimum absolute atomic E-state index is 0.00424. The molecule has 5 N–H and O–H groups in total. The van der Waals surface area contributed by atoms with Gasteiger partial charge in [0.2, 0.25) is 5.91 Å².